The SMILES string of the molecule is C/C(C(N)=O)=C(/C)C(O)(O)O. The van der Waals surface area contributed by atoms with E-state index >= 15 is 0 Å². The number of primary amides is 1. The Balaban J connectivity index is 4.82. The quantitative estimate of drug-likeness (QED) is 0.290. The molecule has 0 unspecified atom stereocenters. The molecule has 0 aliphatic carbocycles. The molecule has 0 saturated heterocycles. The first kappa shape index (κ1) is 10.1. The summed E-state index contributed by atoms with van der Waals surface area (Å²) in [6, 6.07) is 0. The minimum Gasteiger partial charge on any atom is -0.366 e. The fourth-order valence-electron chi connectivity index (χ4n) is 0.436. The summed E-state index contributed by atoms with van der Waals surface area (Å²) in [4.78, 5) is 10.4. The van der Waals surface area contributed by atoms with E-state index in [2.05, 4.69) is 0 Å². The summed E-state index contributed by atoms with van der Waals surface area (Å²) in [6.07, 6.45) is 0. The third kappa shape index (κ3) is 2.67. The molecule has 5 nitrogen and oxygen atoms in total. The number of amides is 1. The van der Waals surface area contributed by atoms with Crippen molar-refractivity contribution in [3.8, 4) is 0 Å². The Labute approximate surface area is 63.8 Å². The van der Waals surface area contributed by atoms with Gasteiger partial charge in [-0.05, 0) is 13.8 Å². The Bertz CT molecular complexity index is 201. The molecule has 5 N–H and O–H groups in total. The highest BCUT2D eigenvalue weighted by Crippen LogP contribution is 2.13. The summed E-state index contributed by atoms with van der Waals surface area (Å²) >= 11 is 0. The summed E-state index contributed by atoms with van der Waals surface area (Å²) in [5.41, 5.74) is 4.46. The highest BCUT2D eigenvalue weighted by Gasteiger charge is 2.24. The van der Waals surface area contributed by atoms with Crippen LogP contribution in [0.15, 0.2) is 11.1 Å². The van der Waals surface area contributed by atoms with Gasteiger partial charge in [-0.25, -0.2) is 0 Å². The summed E-state index contributed by atoms with van der Waals surface area (Å²) < 4.78 is 0. The van der Waals surface area contributed by atoms with Gasteiger partial charge < -0.3 is 21.1 Å². The lowest BCUT2D eigenvalue weighted by molar-refractivity contribution is -0.282. The van der Waals surface area contributed by atoms with E-state index < -0.39 is 11.9 Å². The van der Waals surface area contributed by atoms with E-state index in [9.17, 15) is 4.79 Å². The van der Waals surface area contributed by atoms with Crippen LogP contribution in [-0.2, 0) is 4.79 Å². The van der Waals surface area contributed by atoms with Crippen molar-refractivity contribution in [2.45, 2.75) is 19.8 Å². The highest BCUT2D eigenvalue weighted by atomic mass is 16.7. The molecule has 0 aliphatic heterocycles. The lowest BCUT2D eigenvalue weighted by atomic mass is 10.1. The van der Waals surface area contributed by atoms with Crippen LogP contribution >= 0.6 is 0 Å². The van der Waals surface area contributed by atoms with E-state index in [1.54, 1.807) is 0 Å². The van der Waals surface area contributed by atoms with Crippen LogP contribution < -0.4 is 5.73 Å². The Morgan fingerprint density at radius 3 is 1.73 bits per heavy atom. The third-order valence-corrected chi connectivity index (χ3v) is 1.44. The van der Waals surface area contributed by atoms with Crippen molar-refractivity contribution in [2.24, 2.45) is 5.73 Å². The summed E-state index contributed by atoms with van der Waals surface area (Å²) in [6.45, 7) is 2.48. The summed E-state index contributed by atoms with van der Waals surface area (Å²) in [7, 11) is 0. The number of aliphatic hydroxyl groups is 3. The van der Waals surface area contributed by atoms with Crippen molar-refractivity contribution in [1.29, 1.82) is 0 Å². The monoisotopic (exact) mass is 161 g/mol. The molecular formula is C6H11NO4. The van der Waals surface area contributed by atoms with Crippen LogP contribution in [0, 0.1) is 0 Å². The molecule has 0 radical (unpaired) electrons. The second kappa shape index (κ2) is 3.00. The molecule has 1 amide bonds. The van der Waals surface area contributed by atoms with E-state index in [4.69, 9.17) is 21.1 Å². The summed E-state index contributed by atoms with van der Waals surface area (Å²) in [5, 5.41) is 25.7. The first-order chi connectivity index (χ1) is 4.76. The minimum absolute atomic E-state index is 0.0718. The third-order valence-electron chi connectivity index (χ3n) is 1.44. The molecule has 0 aromatic rings. The summed E-state index contributed by atoms with van der Waals surface area (Å²) in [5.74, 6) is -3.76. The van der Waals surface area contributed by atoms with Crippen molar-refractivity contribution in [3.05, 3.63) is 11.1 Å². The van der Waals surface area contributed by atoms with Gasteiger partial charge in [-0.2, -0.15) is 0 Å². The normalized spacial score (nSPS) is 14.3. The van der Waals surface area contributed by atoms with Crippen molar-refractivity contribution < 1.29 is 20.1 Å². The maximum Gasteiger partial charge on any atom is 0.300 e. The van der Waals surface area contributed by atoms with Crippen LogP contribution in [0.5, 0.6) is 0 Å². The van der Waals surface area contributed by atoms with Crippen LogP contribution in [-0.4, -0.2) is 27.2 Å². The number of hydrogen-bond donors (Lipinski definition) is 4. The fourth-order valence-corrected chi connectivity index (χ4v) is 0.436. The molecule has 0 rings (SSSR count). The van der Waals surface area contributed by atoms with Gasteiger partial charge in [-0.3, -0.25) is 4.79 Å². The Morgan fingerprint density at radius 2 is 1.64 bits per heavy atom. The Hall–Kier alpha value is -0.910. The van der Waals surface area contributed by atoms with E-state index in [1.165, 1.54) is 13.8 Å². The molecule has 0 aromatic carbocycles. The van der Waals surface area contributed by atoms with Gasteiger partial charge in [0.2, 0.25) is 5.91 Å². The van der Waals surface area contributed by atoms with Gasteiger partial charge in [0, 0.05) is 11.1 Å². The maximum atomic E-state index is 10.4. The molecule has 64 valence electrons. The van der Waals surface area contributed by atoms with E-state index in [-0.39, 0.29) is 11.1 Å². The topological polar surface area (TPSA) is 104 Å². The molecule has 0 bridgehead atoms. The molecule has 0 aromatic heterocycles. The van der Waals surface area contributed by atoms with Crippen molar-refractivity contribution >= 4 is 5.91 Å². The minimum atomic E-state index is -2.96. The average Bonchev–Trinajstić information content (AvgIpc) is 1.82. The molecule has 5 heteroatoms. The molecule has 0 aliphatic rings. The second-order valence-electron chi connectivity index (χ2n) is 2.25. The number of rotatable bonds is 2. The van der Waals surface area contributed by atoms with Gasteiger partial charge in [0.05, 0.1) is 0 Å². The van der Waals surface area contributed by atoms with Gasteiger partial charge in [-0.1, -0.05) is 0 Å². The Morgan fingerprint density at radius 1 is 1.27 bits per heavy atom. The molecule has 0 fully saturated rings. The standard InChI is InChI=1S/C6H11NO4/c1-3(5(7)8)4(2)6(9,10)11/h9-11H,1-2H3,(H2,7,8)/b4-3+. The van der Waals surface area contributed by atoms with Gasteiger partial charge >= 0.3 is 5.97 Å². The van der Waals surface area contributed by atoms with Crippen LogP contribution in [0.4, 0.5) is 0 Å². The highest BCUT2D eigenvalue weighted by molar-refractivity contribution is 5.92. The van der Waals surface area contributed by atoms with Crippen LogP contribution in [0.2, 0.25) is 0 Å². The van der Waals surface area contributed by atoms with Crippen LogP contribution in [0.1, 0.15) is 13.8 Å². The van der Waals surface area contributed by atoms with Crippen molar-refractivity contribution in [2.75, 3.05) is 0 Å². The molecule has 0 spiro atoms. The first-order valence-corrected chi connectivity index (χ1v) is 2.91. The van der Waals surface area contributed by atoms with Crippen LogP contribution in [0.25, 0.3) is 0 Å². The first-order valence-electron chi connectivity index (χ1n) is 2.91. The molecule has 0 saturated carbocycles. The second-order valence-corrected chi connectivity index (χ2v) is 2.25. The van der Waals surface area contributed by atoms with Gasteiger partial charge in [0.1, 0.15) is 0 Å². The van der Waals surface area contributed by atoms with Crippen LogP contribution in [0.3, 0.4) is 0 Å². The average molecular weight is 161 g/mol. The van der Waals surface area contributed by atoms with Gasteiger partial charge in [0.25, 0.3) is 0 Å². The zero-order chi connectivity index (χ0) is 9.23. The van der Waals surface area contributed by atoms with E-state index in [1.807, 2.05) is 0 Å². The Kier molecular flexibility index (Phi) is 2.75. The fraction of sp³-hybridized carbons (Fsp3) is 0.500. The van der Waals surface area contributed by atoms with E-state index in [0.717, 1.165) is 0 Å². The smallest absolute Gasteiger partial charge is 0.300 e. The number of nitrogens with two attached hydrogens (primary N) is 1. The molecule has 0 heterocycles. The van der Waals surface area contributed by atoms with Gasteiger partial charge in [-0.15, -0.1) is 0 Å². The molecule has 11 heavy (non-hydrogen) atoms. The maximum absolute atomic E-state index is 10.4. The number of carbonyl (C=O) groups excluding carboxylic acids is 1. The van der Waals surface area contributed by atoms with Crippen molar-refractivity contribution in [3.63, 3.8) is 0 Å². The van der Waals surface area contributed by atoms with E-state index in [0.29, 0.717) is 0 Å². The lowest BCUT2D eigenvalue weighted by Crippen LogP contribution is -2.31. The number of carbonyl (C=O) groups is 1. The lowest BCUT2D eigenvalue weighted by Gasteiger charge is -2.16. The predicted molar refractivity (Wildman–Crippen MR) is 37.0 cm³/mol. The molecule has 0 atom stereocenters. The largest absolute Gasteiger partial charge is 0.366 e. The van der Waals surface area contributed by atoms with Gasteiger partial charge in [0.15, 0.2) is 0 Å². The predicted octanol–water partition coefficient (Wildman–Crippen LogP) is -1.56. The zero-order valence-corrected chi connectivity index (χ0v) is 6.33. The number of hydrogen-bond acceptors (Lipinski definition) is 4. The zero-order valence-electron chi connectivity index (χ0n) is 6.33. The van der Waals surface area contributed by atoms with Crippen molar-refractivity contribution in [1.82, 2.24) is 0 Å². The molecular weight excluding hydrogens is 150 g/mol.